The summed E-state index contributed by atoms with van der Waals surface area (Å²) in [5.74, 6) is -0.258. The van der Waals surface area contributed by atoms with E-state index in [1.165, 1.54) is 16.7 Å². The van der Waals surface area contributed by atoms with Gasteiger partial charge >= 0.3 is 0 Å². The minimum atomic E-state index is -0.358. The summed E-state index contributed by atoms with van der Waals surface area (Å²) in [5, 5.41) is 0. The highest BCUT2D eigenvalue weighted by atomic mass is 16.2. The standard InChI is InChI=1S/C16H14N2O2/c1-10(2)11-5-7-12(8-6-11)18-15(19)13-4-3-9-17-14(13)16(18)20/h3-10H,1-2H3. The fourth-order valence-corrected chi connectivity index (χ4v) is 2.31. The molecule has 0 atom stereocenters. The number of nitrogens with zero attached hydrogens (tertiary/aromatic N) is 2. The van der Waals surface area contributed by atoms with Gasteiger partial charge in [-0.3, -0.25) is 14.6 Å². The number of hydrogen-bond acceptors (Lipinski definition) is 3. The minimum Gasteiger partial charge on any atom is -0.268 e. The van der Waals surface area contributed by atoms with Gasteiger partial charge in [-0.25, -0.2) is 4.90 Å². The Hall–Kier alpha value is -2.49. The zero-order valence-electron chi connectivity index (χ0n) is 11.3. The number of pyridine rings is 1. The van der Waals surface area contributed by atoms with Gasteiger partial charge in [0.1, 0.15) is 5.69 Å². The number of benzene rings is 1. The molecule has 4 heteroatoms. The van der Waals surface area contributed by atoms with Crippen molar-refractivity contribution in [2.45, 2.75) is 19.8 Å². The Morgan fingerprint density at radius 2 is 1.70 bits per heavy atom. The summed E-state index contributed by atoms with van der Waals surface area (Å²) in [4.78, 5) is 29.7. The van der Waals surface area contributed by atoms with Gasteiger partial charge in [-0.15, -0.1) is 0 Å². The van der Waals surface area contributed by atoms with Crippen LogP contribution in [0.1, 0.15) is 46.2 Å². The van der Waals surface area contributed by atoms with Crippen LogP contribution in [0.3, 0.4) is 0 Å². The van der Waals surface area contributed by atoms with E-state index in [-0.39, 0.29) is 17.5 Å². The highest BCUT2D eigenvalue weighted by molar-refractivity contribution is 6.33. The number of amides is 2. The quantitative estimate of drug-likeness (QED) is 0.785. The molecule has 3 rings (SSSR count). The van der Waals surface area contributed by atoms with Crippen molar-refractivity contribution < 1.29 is 9.59 Å². The van der Waals surface area contributed by atoms with E-state index >= 15 is 0 Å². The van der Waals surface area contributed by atoms with Crippen molar-refractivity contribution in [3.63, 3.8) is 0 Å². The van der Waals surface area contributed by atoms with Gasteiger partial charge in [0, 0.05) is 6.20 Å². The van der Waals surface area contributed by atoms with E-state index in [9.17, 15) is 9.59 Å². The van der Waals surface area contributed by atoms with Crippen LogP contribution in [0.2, 0.25) is 0 Å². The van der Waals surface area contributed by atoms with E-state index in [0.29, 0.717) is 17.2 Å². The number of carbonyl (C=O) groups is 2. The summed E-state index contributed by atoms with van der Waals surface area (Å²) in [7, 11) is 0. The first kappa shape index (κ1) is 12.5. The number of rotatable bonds is 2. The molecule has 0 spiro atoms. The molecular formula is C16H14N2O2. The van der Waals surface area contributed by atoms with E-state index < -0.39 is 0 Å². The molecule has 1 aromatic carbocycles. The van der Waals surface area contributed by atoms with Crippen LogP contribution in [0, 0.1) is 0 Å². The maximum atomic E-state index is 12.3. The second kappa shape index (κ2) is 4.56. The van der Waals surface area contributed by atoms with E-state index in [1.807, 2.05) is 12.1 Å². The van der Waals surface area contributed by atoms with Crippen LogP contribution in [0.25, 0.3) is 0 Å². The summed E-state index contributed by atoms with van der Waals surface area (Å²) in [6.45, 7) is 4.20. The van der Waals surface area contributed by atoms with Crippen molar-refractivity contribution in [1.82, 2.24) is 4.98 Å². The highest BCUT2D eigenvalue weighted by Gasteiger charge is 2.37. The van der Waals surface area contributed by atoms with E-state index in [2.05, 4.69) is 18.8 Å². The summed E-state index contributed by atoms with van der Waals surface area (Å²) < 4.78 is 0. The number of carbonyl (C=O) groups excluding carboxylic acids is 2. The molecule has 0 N–H and O–H groups in total. The van der Waals surface area contributed by atoms with Gasteiger partial charge in [0.2, 0.25) is 0 Å². The monoisotopic (exact) mass is 266 g/mol. The van der Waals surface area contributed by atoms with Gasteiger partial charge in [0.05, 0.1) is 11.3 Å². The molecule has 100 valence electrons. The molecular weight excluding hydrogens is 252 g/mol. The first-order valence-electron chi connectivity index (χ1n) is 6.53. The van der Waals surface area contributed by atoms with Gasteiger partial charge in [0.15, 0.2) is 0 Å². The first-order valence-corrected chi connectivity index (χ1v) is 6.53. The third-order valence-electron chi connectivity index (χ3n) is 3.46. The Kier molecular flexibility index (Phi) is 2.86. The number of imide groups is 1. The van der Waals surface area contributed by atoms with Crippen molar-refractivity contribution >= 4 is 17.5 Å². The van der Waals surface area contributed by atoms with Gasteiger partial charge in [-0.05, 0) is 35.7 Å². The second-order valence-corrected chi connectivity index (χ2v) is 5.09. The number of hydrogen-bond donors (Lipinski definition) is 0. The lowest BCUT2D eigenvalue weighted by atomic mass is 10.0. The van der Waals surface area contributed by atoms with Crippen LogP contribution < -0.4 is 4.90 Å². The molecule has 1 aromatic heterocycles. The summed E-state index contributed by atoms with van der Waals surface area (Å²) >= 11 is 0. The van der Waals surface area contributed by atoms with Crippen molar-refractivity contribution in [2.24, 2.45) is 0 Å². The van der Waals surface area contributed by atoms with E-state index in [1.54, 1.807) is 24.3 Å². The predicted molar refractivity (Wildman–Crippen MR) is 75.9 cm³/mol. The van der Waals surface area contributed by atoms with Crippen LogP contribution in [0.4, 0.5) is 5.69 Å². The number of anilines is 1. The molecule has 2 heterocycles. The molecule has 0 saturated carbocycles. The molecule has 2 aromatic rings. The minimum absolute atomic E-state index is 0.227. The summed E-state index contributed by atoms with van der Waals surface area (Å²) in [6, 6.07) is 10.8. The normalized spacial score (nSPS) is 14.1. The molecule has 0 bridgehead atoms. The molecule has 0 aliphatic carbocycles. The number of aromatic nitrogens is 1. The molecule has 4 nitrogen and oxygen atoms in total. The Bertz CT molecular complexity index is 655. The van der Waals surface area contributed by atoms with Gasteiger partial charge in [0.25, 0.3) is 11.8 Å². The first-order chi connectivity index (χ1) is 9.59. The molecule has 0 fully saturated rings. The zero-order chi connectivity index (χ0) is 14.3. The van der Waals surface area contributed by atoms with Crippen LogP contribution >= 0.6 is 0 Å². The lowest BCUT2D eigenvalue weighted by Gasteiger charge is -2.14. The van der Waals surface area contributed by atoms with Crippen molar-refractivity contribution in [1.29, 1.82) is 0 Å². The third kappa shape index (κ3) is 1.81. The van der Waals surface area contributed by atoms with E-state index in [4.69, 9.17) is 0 Å². The Labute approximate surface area is 117 Å². The van der Waals surface area contributed by atoms with Crippen LogP contribution in [0.5, 0.6) is 0 Å². The predicted octanol–water partition coefficient (Wildman–Crippen LogP) is 3.01. The molecule has 0 radical (unpaired) electrons. The average Bonchev–Trinajstić information content (AvgIpc) is 2.72. The largest absolute Gasteiger partial charge is 0.284 e. The molecule has 0 unspecified atom stereocenters. The molecule has 2 amide bonds. The zero-order valence-corrected chi connectivity index (χ0v) is 11.3. The van der Waals surface area contributed by atoms with Gasteiger partial charge in [-0.1, -0.05) is 26.0 Å². The van der Waals surface area contributed by atoms with Gasteiger partial charge in [-0.2, -0.15) is 0 Å². The molecule has 20 heavy (non-hydrogen) atoms. The maximum absolute atomic E-state index is 12.3. The SMILES string of the molecule is CC(C)c1ccc(N2C(=O)c3cccnc3C2=O)cc1. The molecule has 1 aliphatic heterocycles. The van der Waals surface area contributed by atoms with Crippen molar-refractivity contribution in [3.8, 4) is 0 Å². The summed E-state index contributed by atoms with van der Waals surface area (Å²) in [6.07, 6.45) is 1.52. The summed E-state index contributed by atoms with van der Waals surface area (Å²) in [5.41, 5.74) is 2.35. The van der Waals surface area contributed by atoms with Crippen molar-refractivity contribution in [2.75, 3.05) is 4.90 Å². The van der Waals surface area contributed by atoms with Crippen LogP contribution in [0.15, 0.2) is 42.6 Å². The smallest absolute Gasteiger partial charge is 0.268 e. The third-order valence-corrected chi connectivity index (χ3v) is 3.46. The van der Waals surface area contributed by atoms with Crippen LogP contribution in [-0.2, 0) is 0 Å². The Morgan fingerprint density at radius 3 is 2.30 bits per heavy atom. The van der Waals surface area contributed by atoms with Crippen molar-refractivity contribution in [3.05, 3.63) is 59.4 Å². The fraction of sp³-hybridized carbons (Fsp3) is 0.188. The lowest BCUT2D eigenvalue weighted by Crippen LogP contribution is -2.29. The fourth-order valence-electron chi connectivity index (χ4n) is 2.31. The van der Waals surface area contributed by atoms with E-state index in [0.717, 1.165) is 0 Å². The molecule has 0 saturated heterocycles. The number of fused-ring (bicyclic) bond motifs is 1. The average molecular weight is 266 g/mol. The topological polar surface area (TPSA) is 50.3 Å². The highest BCUT2D eigenvalue weighted by Crippen LogP contribution is 2.28. The van der Waals surface area contributed by atoms with Gasteiger partial charge < -0.3 is 0 Å². The van der Waals surface area contributed by atoms with Crippen LogP contribution in [-0.4, -0.2) is 16.8 Å². The molecule has 1 aliphatic rings. The Balaban J connectivity index is 2.00. The Morgan fingerprint density at radius 1 is 1.00 bits per heavy atom. The maximum Gasteiger partial charge on any atom is 0.284 e. The second-order valence-electron chi connectivity index (χ2n) is 5.09. The lowest BCUT2D eigenvalue weighted by molar-refractivity contribution is 0.0924.